The SMILES string of the molecule is COC=C1CCC(C)(C)[C@@H](OC)[C@@H]1OC. The van der Waals surface area contributed by atoms with Crippen LogP contribution in [0.5, 0.6) is 0 Å². The minimum Gasteiger partial charge on any atom is -0.504 e. The summed E-state index contributed by atoms with van der Waals surface area (Å²) in [4.78, 5) is 0. The van der Waals surface area contributed by atoms with Crippen molar-refractivity contribution in [2.24, 2.45) is 5.41 Å². The second-order valence-electron chi connectivity index (χ2n) is 4.73. The van der Waals surface area contributed by atoms with E-state index in [4.69, 9.17) is 14.2 Å². The van der Waals surface area contributed by atoms with Crippen molar-refractivity contribution in [3.8, 4) is 0 Å². The van der Waals surface area contributed by atoms with Crippen LogP contribution in [-0.2, 0) is 14.2 Å². The third-order valence-electron chi connectivity index (χ3n) is 3.25. The van der Waals surface area contributed by atoms with Crippen molar-refractivity contribution < 1.29 is 14.2 Å². The molecule has 3 nitrogen and oxygen atoms in total. The molecule has 0 unspecified atom stereocenters. The summed E-state index contributed by atoms with van der Waals surface area (Å²) < 4.78 is 16.2. The molecule has 88 valence electrons. The van der Waals surface area contributed by atoms with E-state index in [0.717, 1.165) is 12.8 Å². The molecule has 0 aromatic heterocycles. The van der Waals surface area contributed by atoms with Crippen LogP contribution in [-0.4, -0.2) is 33.5 Å². The fourth-order valence-corrected chi connectivity index (χ4v) is 2.35. The van der Waals surface area contributed by atoms with E-state index >= 15 is 0 Å². The Morgan fingerprint density at radius 2 is 1.87 bits per heavy atom. The van der Waals surface area contributed by atoms with Gasteiger partial charge in [-0.15, -0.1) is 0 Å². The average molecular weight is 214 g/mol. The van der Waals surface area contributed by atoms with Gasteiger partial charge in [-0.1, -0.05) is 13.8 Å². The predicted molar refractivity (Wildman–Crippen MR) is 59.7 cm³/mol. The first-order valence-electron chi connectivity index (χ1n) is 5.34. The highest BCUT2D eigenvalue weighted by atomic mass is 16.5. The molecule has 0 spiro atoms. The molecular formula is C12H22O3. The van der Waals surface area contributed by atoms with Crippen molar-refractivity contribution in [1.29, 1.82) is 0 Å². The van der Waals surface area contributed by atoms with Gasteiger partial charge in [0.15, 0.2) is 0 Å². The molecule has 0 amide bonds. The molecule has 0 aliphatic heterocycles. The first kappa shape index (κ1) is 12.5. The normalized spacial score (nSPS) is 33.0. The Balaban J connectivity index is 2.90. The lowest BCUT2D eigenvalue weighted by Crippen LogP contribution is -2.46. The Hall–Kier alpha value is -0.540. The smallest absolute Gasteiger partial charge is 0.108 e. The van der Waals surface area contributed by atoms with Crippen molar-refractivity contribution in [2.45, 2.75) is 38.9 Å². The molecule has 0 radical (unpaired) electrons. The average Bonchev–Trinajstić information content (AvgIpc) is 2.20. The van der Waals surface area contributed by atoms with Gasteiger partial charge in [0.2, 0.25) is 0 Å². The number of hydrogen-bond acceptors (Lipinski definition) is 3. The zero-order chi connectivity index (χ0) is 11.5. The van der Waals surface area contributed by atoms with Crippen molar-refractivity contribution in [1.82, 2.24) is 0 Å². The Morgan fingerprint density at radius 1 is 1.20 bits per heavy atom. The van der Waals surface area contributed by atoms with Gasteiger partial charge in [-0.25, -0.2) is 0 Å². The molecule has 0 heterocycles. The van der Waals surface area contributed by atoms with Gasteiger partial charge in [0.05, 0.1) is 19.5 Å². The zero-order valence-corrected chi connectivity index (χ0v) is 10.4. The molecule has 1 saturated carbocycles. The summed E-state index contributed by atoms with van der Waals surface area (Å²) in [6.07, 6.45) is 4.01. The molecule has 0 aromatic rings. The molecule has 0 saturated heterocycles. The Morgan fingerprint density at radius 3 is 2.33 bits per heavy atom. The number of rotatable bonds is 3. The van der Waals surface area contributed by atoms with E-state index in [-0.39, 0.29) is 17.6 Å². The topological polar surface area (TPSA) is 27.7 Å². The summed E-state index contributed by atoms with van der Waals surface area (Å²) in [5, 5.41) is 0. The molecular weight excluding hydrogens is 192 g/mol. The number of ether oxygens (including phenoxy) is 3. The second-order valence-corrected chi connectivity index (χ2v) is 4.73. The van der Waals surface area contributed by atoms with Crippen molar-refractivity contribution in [3.63, 3.8) is 0 Å². The maximum atomic E-state index is 5.57. The molecule has 1 aliphatic carbocycles. The monoisotopic (exact) mass is 214 g/mol. The summed E-state index contributed by atoms with van der Waals surface area (Å²) in [7, 11) is 5.14. The van der Waals surface area contributed by atoms with Gasteiger partial charge >= 0.3 is 0 Å². The molecule has 3 heteroatoms. The fraction of sp³-hybridized carbons (Fsp3) is 0.833. The van der Waals surface area contributed by atoms with Crippen LogP contribution in [0.3, 0.4) is 0 Å². The summed E-state index contributed by atoms with van der Waals surface area (Å²) >= 11 is 0. The van der Waals surface area contributed by atoms with Crippen LogP contribution in [0.15, 0.2) is 11.8 Å². The highest BCUT2D eigenvalue weighted by molar-refractivity contribution is 5.15. The molecule has 0 N–H and O–H groups in total. The van der Waals surface area contributed by atoms with Crippen molar-refractivity contribution in [2.75, 3.05) is 21.3 Å². The van der Waals surface area contributed by atoms with E-state index in [1.54, 1.807) is 27.6 Å². The van der Waals surface area contributed by atoms with Crippen molar-refractivity contribution >= 4 is 0 Å². The number of methoxy groups -OCH3 is 3. The quantitative estimate of drug-likeness (QED) is 0.675. The summed E-state index contributed by atoms with van der Waals surface area (Å²) in [6, 6.07) is 0. The van der Waals surface area contributed by atoms with Gasteiger partial charge < -0.3 is 14.2 Å². The summed E-state index contributed by atoms with van der Waals surface area (Å²) in [5.41, 5.74) is 1.34. The minimum atomic E-state index is 0.0127. The van der Waals surface area contributed by atoms with Crippen LogP contribution >= 0.6 is 0 Å². The van der Waals surface area contributed by atoms with Gasteiger partial charge in [-0.2, -0.15) is 0 Å². The van der Waals surface area contributed by atoms with Crippen LogP contribution in [0.25, 0.3) is 0 Å². The zero-order valence-electron chi connectivity index (χ0n) is 10.4. The van der Waals surface area contributed by atoms with Crippen molar-refractivity contribution in [3.05, 3.63) is 11.8 Å². The highest BCUT2D eigenvalue weighted by Crippen LogP contribution is 2.41. The third kappa shape index (κ3) is 2.52. The first-order chi connectivity index (χ1) is 7.06. The standard InChI is InChI=1S/C12H22O3/c1-12(2)7-6-9(8-13-3)10(14-4)11(12)15-5/h8,10-11H,6-7H2,1-5H3/t10-,11+/m1/s1. The van der Waals surface area contributed by atoms with Gasteiger partial charge in [0.25, 0.3) is 0 Å². The van der Waals surface area contributed by atoms with Gasteiger partial charge in [0, 0.05) is 14.2 Å². The highest BCUT2D eigenvalue weighted by Gasteiger charge is 2.42. The lowest BCUT2D eigenvalue weighted by molar-refractivity contribution is -0.0953. The summed E-state index contributed by atoms with van der Waals surface area (Å²) in [5.74, 6) is 0. The van der Waals surface area contributed by atoms with Crippen LogP contribution in [0, 0.1) is 5.41 Å². The van der Waals surface area contributed by atoms with Crippen LogP contribution in [0.4, 0.5) is 0 Å². The molecule has 0 bridgehead atoms. The third-order valence-corrected chi connectivity index (χ3v) is 3.25. The molecule has 1 aliphatic rings. The van der Waals surface area contributed by atoms with E-state index in [2.05, 4.69) is 13.8 Å². The summed E-state index contributed by atoms with van der Waals surface area (Å²) in [6.45, 7) is 4.44. The lowest BCUT2D eigenvalue weighted by atomic mass is 9.71. The van der Waals surface area contributed by atoms with Gasteiger partial charge in [0.1, 0.15) is 6.10 Å². The molecule has 0 aromatic carbocycles. The maximum absolute atomic E-state index is 5.57. The van der Waals surface area contributed by atoms with E-state index in [0.29, 0.717) is 0 Å². The predicted octanol–water partition coefficient (Wildman–Crippen LogP) is 2.37. The van der Waals surface area contributed by atoms with Crippen LogP contribution in [0.2, 0.25) is 0 Å². The molecule has 1 rings (SSSR count). The lowest BCUT2D eigenvalue weighted by Gasteiger charge is -2.43. The largest absolute Gasteiger partial charge is 0.504 e. The molecule has 2 atom stereocenters. The second kappa shape index (κ2) is 4.99. The fourth-order valence-electron chi connectivity index (χ4n) is 2.35. The van der Waals surface area contributed by atoms with Gasteiger partial charge in [-0.3, -0.25) is 0 Å². The van der Waals surface area contributed by atoms with Crippen LogP contribution in [0.1, 0.15) is 26.7 Å². The van der Waals surface area contributed by atoms with Gasteiger partial charge in [-0.05, 0) is 23.8 Å². The van der Waals surface area contributed by atoms with E-state index in [1.165, 1.54) is 5.57 Å². The van der Waals surface area contributed by atoms with Crippen LogP contribution < -0.4 is 0 Å². The first-order valence-corrected chi connectivity index (χ1v) is 5.34. The minimum absolute atomic E-state index is 0.0127. The Labute approximate surface area is 92.4 Å². The van der Waals surface area contributed by atoms with E-state index < -0.39 is 0 Å². The van der Waals surface area contributed by atoms with E-state index in [1.807, 2.05) is 0 Å². The van der Waals surface area contributed by atoms with E-state index in [9.17, 15) is 0 Å². The molecule has 1 fully saturated rings. The maximum Gasteiger partial charge on any atom is 0.108 e. The molecule has 15 heavy (non-hydrogen) atoms. The number of hydrogen-bond donors (Lipinski definition) is 0. The Kier molecular flexibility index (Phi) is 4.17. The Bertz CT molecular complexity index is 233.